The van der Waals surface area contributed by atoms with Crippen LogP contribution in [0.15, 0.2) is 28.8 Å². The predicted molar refractivity (Wildman–Crippen MR) is 65.3 cm³/mol. The molecule has 0 spiro atoms. The van der Waals surface area contributed by atoms with Gasteiger partial charge in [-0.05, 0) is 23.6 Å². The van der Waals surface area contributed by atoms with Gasteiger partial charge in [-0.15, -0.1) is 0 Å². The maximum atomic E-state index is 13.0. The van der Waals surface area contributed by atoms with Gasteiger partial charge in [0.2, 0.25) is 5.89 Å². The molecule has 5 heteroatoms. The molecule has 1 aromatic heterocycles. The van der Waals surface area contributed by atoms with Crippen molar-refractivity contribution < 1.29 is 8.91 Å². The zero-order valence-corrected chi connectivity index (χ0v) is 10.4. The maximum Gasteiger partial charge on any atom is 0.231 e. The van der Waals surface area contributed by atoms with E-state index in [9.17, 15) is 4.39 Å². The van der Waals surface area contributed by atoms with Gasteiger partial charge in [-0.2, -0.15) is 4.98 Å². The molecule has 2 rings (SSSR count). The van der Waals surface area contributed by atoms with Crippen molar-refractivity contribution in [2.45, 2.75) is 26.3 Å². The fourth-order valence-corrected chi connectivity index (χ4v) is 1.59. The molecule has 96 valence electrons. The zero-order chi connectivity index (χ0) is 13.1. The standard InChI is InChI=1S/C13H16FN3O/c1-8(2)12(15)13-16-11(18-17-13)7-9-4-3-5-10(14)6-9/h3-6,8,12H,7,15H2,1-2H3. The van der Waals surface area contributed by atoms with E-state index in [2.05, 4.69) is 10.1 Å². The first-order chi connectivity index (χ1) is 8.56. The number of hydrogen-bond donors (Lipinski definition) is 1. The van der Waals surface area contributed by atoms with Crippen LogP contribution in [0.4, 0.5) is 4.39 Å². The first-order valence-electron chi connectivity index (χ1n) is 5.89. The van der Waals surface area contributed by atoms with Gasteiger partial charge in [0.25, 0.3) is 0 Å². The molecule has 0 bridgehead atoms. The molecule has 0 aliphatic heterocycles. The van der Waals surface area contributed by atoms with E-state index in [-0.39, 0.29) is 17.8 Å². The van der Waals surface area contributed by atoms with E-state index >= 15 is 0 Å². The number of aromatic nitrogens is 2. The summed E-state index contributed by atoms with van der Waals surface area (Å²) in [5.74, 6) is 0.916. The van der Waals surface area contributed by atoms with Gasteiger partial charge in [-0.1, -0.05) is 31.1 Å². The Morgan fingerprint density at radius 3 is 2.83 bits per heavy atom. The fraction of sp³-hybridized carbons (Fsp3) is 0.385. The number of benzene rings is 1. The topological polar surface area (TPSA) is 64.9 Å². The Morgan fingerprint density at radius 2 is 2.17 bits per heavy atom. The lowest BCUT2D eigenvalue weighted by atomic mass is 10.1. The molecule has 2 N–H and O–H groups in total. The second-order valence-corrected chi connectivity index (χ2v) is 4.62. The van der Waals surface area contributed by atoms with Crippen molar-refractivity contribution >= 4 is 0 Å². The molecular formula is C13H16FN3O. The van der Waals surface area contributed by atoms with E-state index < -0.39 is 0 Å². The van der Waals surface area contributed by atoms with Crippen LogP contribution in [-0.4, -0.2) is 10.1 Å². The van der Waals surface area contributed by atoms with Crippen LogP contribution in [0.1, 0.15) is 37.2 Å². The minimum Gasteiger partial charge on any atom is -0.339 e. The highest BCUT2D eigenvalue weighted by atomic mass is 19.1. The molecule has 0 radical (unpaired) electrons. The molecule has 1 unspecified atom stereocenters. The summed E-state index contributed by atoms with van der Waals surface area (Å²) in [6, 6.07) is 6.08. The van der Waals surface area contributed by atoms with Crippen molar-refractivity contribution in [1.82, 2.24) is 10.1 Å². The quantitative estimate of drug-likeness (QED) is 0.904. The zero-order valence-electron chi connectivity index (χ0n) is 10.4. The molecule has 1 aromatic carbocycles. The fourth-order valence-electron chi connectivity index (χ4n) is 1.59. The van der Waals surface area contributed by atoms with Crippen LogP contribution in [0.5, 0.6) is 0 Å². The summed E-state index contributed by atoms with van der Waals surface area (Å²) in [5.41, 5.74) is 6.72. The van der Waals surface area contributed by atoms with Gasteiger partial charge >= 0.3 is 0 Å². The van der Waals surface area contributed by atoms with Crippen molar-refractivity contribution in [2.75, 3.05) is 0 Å². The molecule has 1 atom stereocenters. The molecule has 0 fully saturated rings. The third-order valence-corrected chi connectivity index (χ3v) is 2.74. The molecular weight excluding hydrogens is 233 g/mol. The summed E-state index contributed by atoms with van der Waals surface area (Å²) in [7, 11) is 0. The molecule has 2 aromatic rings. The van der Waals surface area contributed by atoms with Crippen LogP contribution >= 0.6 is 0 Å². The van der Waals surface area contributed by atoms with E-state index in [0.29, 0.717) is 18.1 Å². The monoisotopic (exact) mass is 249 g/mol. The lowest BCUT2D eigenvalue weighted by Crippen LogP contribution is -2.18. The summed E-state index contributed by atoms with van der Waals surface area (Å²) in [4.78, 5) is 4.23. The smallest absolute Gasteiger partial charge is 0.231 e. The van der Waals surface area contributed by atoms with Gasteiger partial charge in [-0.25, -0.2) is 4.39 Å². The highest BCUT2D eigenvalue weighted by molar-refractivity contribution is 5.19. The van der Waals surface area contributed by atoms with E-state index in [4.69, 9.17) is 10.3 Å². The Morgan fingerprint density at radius 1 is 1.39 bits per heavy atom. The minimum absolute atomic E-state index is 0.240. The van der Waals surface area contributed by atoms with E-state index in [1.165, 1.54) is 12.1 Å². The minimum atomic E-state index is -0.272. The Labute approximate surface area is 105 Å². The number of hydrogen-bond acceptors (Lipinski definition) is 4. The third kappa shape index (κ3) is 2.92. The highest BCUT2D eigenvalue weighted by Gasteiger charge is 2.17. The Hall–Kier alpha value is -1.75. The summed E-state index contributed by atoms with van der Waals surface area (Å²) >= 11 is 0. The van der Waals surface area contributed by atoms with Crippen molar-refractivity contribution in [2.24, 2.45) is 11.7 Å². The summed E-state index contributed by atoms with van der Waals surface area (Å²) < 4.78 is 18.1. The maximum absolute atomic E-state index is 13.0. The van der Waals surface area contributed by atoms with Gasteiger partial charge < -0.3 is 10.3 Å². The number of rotatable bonds is 4. The lowest BCUT2D eigenvalue weighted by molar-refractivity contribution is 0.368. The normalized spacial score (nSPS) is 12.9. The second kappa shape index (κ2) is 5.27. The molecule has 0 aliphatic rings. The first kappa shape index (κ1) is 12.7. The van der Waals surface area contributed by atoms with E-state index in [1.807, 2.05) is 19.9 Å². The Bertz CT molecular complexity index is 524. The van der Waals surface area contributed by atoms with Crippen LogP contribution in [0.3, 0.4) is 0 Å². The van der Waals surface area contributed by atoms with Crippen LogP contribution in [0, 0.1) is 11.7 Å². The molecule has 0 aliphatic carbocycles. The second-order valence-electron chi connectivity index (χ2n) is 4.62. The van der Waals surface area contributed by atoms with Crippen LogP contribution in [-0.2, 0) is 6.42 Å². The summed E-state index contributed by atoms with van der Waals surface area (Å²) in [6.07, 6.45) is 0.412. The van der Waals surface area contributed by atoms with Gasteiger partial charge in [-0.3, -0.25) is 0 Å². The number of nitrogens with zero attached hydrogens (tertiary/aromatic N) is 2. The average Bonchev–Trinajstić information content (AvgIpc) is 2.76. The van der Waals surface area contributed by atoms with Gasteiger partial charge in [0.15, 0.2) is 5.82 Å². The largest absolute Gasteiger partial charge is 0.339 e. The van der Waals surface area contributed by atoms with E-state index in [0.717, 1.165) is 5.56 Å². The summed E-state index contributed by atoms with van der Waals surface area (Å²) in [6.45, 7) is 3.99. The Balaban J connectivity index is 2.11. The SMILES string of the molecule is CC(C)C(N)c1noc(Cc2cccc(F)c2)n1. The molecule has 4 nitrogen and oxygen atoms in total. The van der Waals surface area contributed by atoms with Crippen LogP contribution in [0.25, 0.3) is 0 Å². The van der Waals surface area contributed by atoms with E-state index in [1.54, 1.807) is 6.07 Å². The van der Waals surface area contributed by atoms with Crippen molar-refractivity contribution in [3.63, 3.8) is 0 Å². The van der Waals surface area contributed by atoms with Crippen LogP contribution < -0.4 is 5.73 Å². The Kier molecular flexibility index (Phi) is 3.72. The van der Waals surface area contributed by atoms with Crippen LogP contribution in [0.2, 0.25) is 0 Å². The predicted octanol–water partition coefficient (Wildman–Crippen LogP) is 2.46. The van der Waals surface area contributed by atoms with Gasteiger partial charge in [0.1, 0.15) is 5.82 Å². The molecule has 0 amide bonds. The molecule has 0 saturated carbocycles. The van der Waals surface area contributed by atoms with Crippen molar-refractivity contribution in [1.29, 1.82) is 0 Å². The van der Waals surface area contributed by atoms with Crippen molar-refractivity contribution in [3.8, 4) is 0 Å². The summed E-state index contributed by atoms with van der Waals surface area (Å²) in [5, 5.41) is 3.85. The van der Waals surface area contributed by atoms with Crippen molar-refractivity contribution in [3.05, 3.63) is 47.4 Å². The highest BCUT2D eigenvalue weighted by Crippen LogP contribution is 2.17. The number of nitrogens with two attached hydrogens (primary N) is 1. The first-order valence-corrected chi connectivity index (χ1v) is 5.89. The molecule has 0 saturated heterocycles. The lowest BCUT2D eigenvalue weighted by Gasteiger charge is -2.09. The molecule has 18 heavy (non-hydrogen) atoms. The molecule has 1 heterocycles. The van der Waals surface area contributed by atoms with Gasteiger partial charge in [0.05, 0.1) is 12.5 Å². The third-order valence-electron chi connectivity index (χ3n) is 2.74. The average molecular weight is 249 g/mol. The van der Waals surface area contributed by atoms with Gasteiger partial charge in [0, 0.05) is 0 Å². The number of halogens is 1.